The summed E-state index contributed by atoms with van der Waals surface area (Å²) in [7, 11) is 0. The average molecular weight is 375 g/mol. The van der Waals surface area contributed by atoms with Crippen molar-refractivity contribution in [3.05, 3.63) is 78.5 Å². The van der Waals surface area contributed by atoms with Crippen molar-refractivity contribution in [3.63, 3.8) is 0 Å². The summed E-state index contributed by atoms with van der Waals surface area (Å²) in [4.78, 5) is 19.1. The monoisotopic (exact) mass is 375 g/mol. The molecule has 0 bridgehead atoms. The molecule has 0 unspecified atom stereocenters. The molecule has 0 radical (unpaired) electrons. The molecule has 2 aromatic carbocycles. The number of hydrogen-bond acceptors (Lipinski definition) is 4. The van der Waals surface area contributed by atoms with Crippen LogP contribution in [0.4, 0.5) is 17.2 Å². The number of hydrogen-bond donors (Lipinski definition) is 1. The smallest absolute Gasteiger partial charge is 0.258 e. The maximum absolute atomic E-state index is 13.0. The van der Waals surface area contributed by atoms with Gasteiger partial charge in [0.2, 0.25) is 0 Å². The molecule has 144 valence electrons. The first kappa shape index (κ1) is 19.4. The number of rotatable bonds is 7. The fourth-order valence-electron chi connectivity index (χ4n) is 2.88. The zero-order valence-electron chi connectivity index (χ0n) is 16.4. The maximum atomic E-state index is 13.0. The van der Waals surface area contributed by atoms with Gasteiger partial charge >= 0.3 is 0 Å². The summed E-state index contributed by atoms with van der Waals surface area (Å²) in [6.45, 7) is 6.54. The van der Waals surface area contributed by atoms with Gasteiger partial charge in [-0.15, -0.1) is 0 Å². The Hall–Kier alpha value is -3.34. The van der Waals surface area contributed by atoms with Crippen molar-refractivity contribution in [1.29, 1.82) is 0 Å². The molecule has 5 heteroatoms. The number of benzene rings is 2. The zero-order chi connectivity index (χ0) is 19.9. The molecule has 0 fully saturated rings. The summed E-state index contributed by atoms with van der Waals surface area (Å²) in [5.41, 5.74) is 2.34. The van der Waals surface area contributed by atoms with E-state index < -0.39 is 0 Å². The van der Waals surface area contributed by atoms with Crippen molar-refractivity contribution in [2.75, 3.05) is 16.8 Å². The second-order valence-electron chi connectivity index (χ2n) is 6.63. The van der Waals surface area contributed by atoms with Crippen LogP contribution in [0.3, 0.4) is 0 Å². The van der Waals surface area contributed by atoms with Crippen LogP contribution in [-0.2, 0) is 0 Å². The van der Waals surface area contributed by atoms with E-state index in [2.05, 4.69) is 10.3 Å². The van der Waals surface area contributed by atoms with E-state index >= 15 is 0 Å². The van der Waals surface area contributed by atoms with Gasteiger partial charge in [0.1, 0.15) is 11.6 Å². The fourth-order valence-corrected chi connectivity index (χ4v) is 2.88. The lowest BCUT2D eigenvalue weighted by Gasteiger charge is -2.21. The lowest BCUT2D eigenvalue weighted by molar-refractivity contribution is 0.0988. The van der Waals surface area contributed by atoms with E-state index in [1.165, 1.54) is 0 Å². The Bertz CT molecular complexity index is 909. The molecule has 0 aliphatic heterocycles. The maximum Gasteiger partial charge on any atom is 0.258 e. The SMILES string of the molecule is CCN(C(=O)c1ccnc(Nc2ccc(OC(C)C)cc2)c1)c1ccccc1. The first-order valence-corrected chi connectivity index (χ1v) is 9.43. The molecular formula is C23H25N3O2. The van der Waals surface area contributed by atoms with Gasteiger partial charge in [-0.1, -0.05) is 18.2 Å². The number of carbonyl (C=O) groups is 1. The number of anilines is 3. The van der Waals surface area contributed by atoms with Crippen LogP contribution in [0.2, 0.25) is 0 Å². The second-order valence-corrected chi connectivity index (χ2v) is 6.63. The topological polar surface area (TPSA) is 54.5 Å². The van der Waals surface area contributed by atoms with Crippen molar-refractivity contribution in [1.82, 2.24) is 4.98 Å². The van der Waals surface area contributed by atoms with E-state index in [1.807, 2.05) is 75.4 Å². The summed E-state index contributed by atoms with van der Waals surface area (Å²) < 4.78 is 5.66. The van der Waals surface area contributed by atoms with Crippen LogP contribution in [0.1, 0.15) is 31.1 Å². The standard InChI is InChI=1S/C23H25N3O2/c1-4-26(20-8-6-5-7-9-20)23(27)18-14-15-24-22(16-18)25-19-10-12-21(13-11-19)28-17(2)3/h5-17H,4H2,1-3H3,(H,24,25). The van der Waals surface area contributed by atoms with Gasteiger partial charge in [0.15, 0.2) is 0 Å². The van der Waals surface area contributed by atoms with Gasteiger partial charge < -0.3 is 15.0 Å². The minimum absolute atomic E-state index is 0.0557. The fraction of sp³-hybridized carbons (Fsp3) is 0.217. The number of nitrogens with one attached hydrogen (secondary N) is 1. The third kappa shape index (κ3) is 4.88. The molecule has 0 saturated heterocycles. The highest BCUT2D eigenvalue weighted by atomic mass is 16.5. The third-order valence-electron chi connectivity index (χ3n) is 4.13. The summed E-state index contributed by atoms with van der Waals surface area (Å²) in [5.74, 6) is 1.38. The van der Waals surface area contributed by atoms with Gasteiger partial charge in [-0.3, -0.25) is 4.79 Å². The van der Waals surface area contributed by atoms with Crippen molar-refractivity contribution in [3.8, 4) is 5.75 Å². The van der Waals surface area contributed by atoms with Crippen LogP contribution < -0.4 is 15.0 Å². The van der Waals surface area contributed by atoms with Crippen LogP contribution >= 0.6 is 0 Å². The number of nitrogens with zero attached hydrogens (tertiary/aromatic N) is 2. The molecule has 3 aromatic rings. The minimum Gasteiger partial charge on any atom is -0.491 e. The summed E-state index contributed by atoms with van der Waals surface area (Å²) in [6.07, 6.45) is 1.78. The number of amides is 1. The highest BCUT2D eigenvalue weighted by Crippen LogP contribution is 2.22. The first-order chi connectivity index (χ1) is 13.6. The molecular weight excluding hydrogens is 350 g/mol. The average Bonchev–Trinajstić information content (AvgIpc) is 2.71. The van der Waals surface area contributed by atoms with Crippen LogP contribution in [0, 0.1) is 0 Å². The van der Waals surface area contributed by atoms with E-state index in [0.29, 0.717) is 17.9 Å². The number of ether oxygens (including phenoxy) is 1. The summed E-state index contributed by atoms with van der Waals surface area (Å²) in [6, 6.07) is 20.8. The van der Waals surface area contributed by atoms with Crippen molar-refractivity contribution >= 4 is 23.1 Å². The Morgan fingerprint density at radius 3 is 2.43 bits per heavy atom. The van der Waals surface area contributed by atoms with Gasteiger partial charge in [-0.2, -0.15) is 0 Å². The zero-order valence-corrected chi connectivity index (χ0v) is 16.4. The van der Waals surface area contributed by atoms with Gasteiger partial charge in [0.25, 0.3) is 5.91 Å². The Morgan fingerprint density at radius 1 is 1.07 bits per heavy atom. The molecule has 0 saturated carbocycles. The summed E-state index contributed by atoms with van der Waals surface area (Å²) in [5, 5.41) is 3.24. The molecule has 1 aromatic heterocycles. The number of pyridine rings is 1. The lowest BCUT2D eigenvalue weighted by atomic mass is 10.2. The molecule has 0 aliphatic rings. The minimum atomic E-state index is -0.0557. The van der Waals surface area contributed by atoms with Crippen molar-refractivity contribution in [2.24, 2.45) is 0 Å². The third-order valence-corrected chi connectivity index (χ3v) is 4.13. The first-order valence-electron chi connectivity index (χ1n) is 9.43. The highest BCUT2D eigenvalue weighted by Gasteiger charge is 2.16. The Labute approximate surface area is 166 Å². The summed E-state index contributed by atoms with van der Waals surface area (Å²) >= 11 is 0. The lowest BCUT2D eigenvalue weighted by Crippen LogP contribution is -2.30. The molecule has 5 nitrogen and oxygen atoms in total. The quantitative estimate of drug-likeness (QED) is 0.610. The van der Waals surface area contributed by atoms with Crippen LogP contribution in [0.15, 0.2) is 72.9 Å². The molecule has 28 heavy (non-hydrogen) atoms. The molecule has 0 atom stereocenters. The van der Waals surface area contributed by atoms with Crippen LogP contribution in [0.25, 0.3) is 0 Å². The van der Waals surface area contributed by atoms with E-state index in [-0.39, 0.29) is 12.0 Å². The van der Waals surface area contributed by atoms with E-state index in [0.717, 1.165) is 17.1 Å². The number of para-hydroxylation sites is 1. The molecule has 0 aliphatic carbocycles. The van der Waals surface area contributed by atoms with Gasteiger partial charge in [-0.25, -0.2) is 4.98 Å². The van der Waals surface area contributed by atoms with E-state index in [1.54, 1.807) is 23.2 Å². The van der Waals surface area contributed by atoms with Crippen LogP contribution in [-0.4, -0.2) is 23.5 Å². The predicted molar refractivity (Wildman–Crippen MR) is 114 cm³/mol. The van der Waals surface area contributed by atoms with Gasteiger partial charge in [0, 0.05) is 29.7 Å². The second kappa shape index (κ2) is 9.04. The van der Waals surface area contributed by atoms with Crippen molar-refractivity contribution in [2.45, 2.75) is 26.9 Å². The number of aromatic nitrogens is 1. The number of carbonyl (C=O) groups excluding carboxylic acids is 1. The van der Waals surface area contributed by atoms with E-state index in [9.17, 15) is 4.79 Å². The molecule has 1 amide bonds. The van der Waals surface area contributed by atoms with E-state index in [4.69, 9.17) is 4.74 Å². The largest absolute Gasteiger partial charge is 0.491 e. The molecule has 1 heterocycles. The Morgan fingerprint density at radius 2 is 1.79 bits per heavy atom. The molecule has 0 spiro atoms. The van der Waals surface area contributed by atoms with Crippen molar-refractivity contribution < 1.29 is 9.53 Å². The Balaban J connectivity index is 1.75. The molecule has 3 rings (SSSR count). The highest BCUT2D eigenvalue weighted by molar-refractivity contribution is 6.06. The Kier molecular flexibility index (Phi) is 6.27. The normalized spacial score (nSPS) is 10.6. The van der Waals surface area contributed by atoms with Gasteiger partial charge in [0.05, 0.1) is 6.10 Å². The molecule has 1 N–H and O–H groups in total. The van der Waals surface area contributed by atoms with Gasteiger partial charge in [-0.05, 0) is 69.3 Å². The van der Waals surface area contributed by atoms with Crippen LogP contribution in [0.5, 0.6) is 5.75 Å². The predicted octanol–water partition coefficient (Wildman–Crippen LogP) is 5.28.